The third kappa shape index (κ3) is 4.14. The van der Waals surface area contributed by atoms with Crippen LogP contribution in [0.4, 0.5) is 0 Å². The van der Waals surface area contributed by atoms with Crippen molar-refractivity contribution in [1.82, 2.24) is 4.31 Å². The molecule has 0 saturated carbocycles. The van der Waals surface area contributed by atoms with E-state index >= 15 is 0 Å². The van der Waals surface area contributed by atoms with Crippen LogP contribution in [-0.2, 0) is 21.2 Å². The van der Waals surface area contributed by atoms with Gasteiger partial charge in [0.25, 0.3) is 0 Å². The van der Waals surface area contributed by atoms with Crippen LogP contribution in [0.5, 0.6) is 11.5 Å². The molecule has 0 spiro atoms. The average molecular weight is 379 g/mol. The van der Waals surface area contributed by atoms with E-state index in [1.807, 2.05) is 0 Å². The molecule has 0 aromatic heterocycles. The van der Waals surface area contributed by atoms with Crippen molar-refractivity contribution < 1.29 is 27.8 Å². The number of rotatable bonds is 8. The predicted molar refractivity (Wildman–Crippen MR) is 96.1 cm³/mol. The Morgan fingerprint density at radius 3 is 2.31 bits per heavy atom. The van der Waals surface area contributed by atoms with Gasteiger partial charge in [-0.05, 0) is 23.8 Å². The summed E-state index contributed by atoms with van der Waals surface area (Å²) in [6, 6.07) is 11.4. The highest BCUT2D eigenvalue weighted by molar-refractivity contribution is 7.89. The summed E-state index contributed by atoms with van der Waals surface area (Å²) < 4.78 is 36.7. The number of benzene rings is 2. The third-order valence-electron chi connectivity index (χ3n) is 4.05. The maximum Gasteiger partial charge on any atom is 0.322 e. The Morgan fingerprint density at radius 1 is 1.12 bits per heavy atom. The van der Waals surface area contributed by atoms with E-state index in [-0.39, 0.29) is 11.3 Å². The van der Waals surface area contributed by atoms with Crippen LogP contribution in [0, 0.1) is 0 Å². The molecule has 0 radical (unpaired) electrons. The zero-order chi connectivity index (χ0) is 19.3. The molecule has 0 saturated heterocycles. The minimum Gasteiger partial charge on any atom is -0.497 e. The average Bonchev–Trinajstić information content (AvgIpc) is 2.65. The molecule has 0 fully saturated rings. The Balaban J connectivity index is 2.37. The van der Waals surface area contributed by atoms with E-state index in [0.717, 1.165) is 4.31 Å². The summed E-state index contributed by atoms with van der Waals surface area (Å²) in [5, 5.41) is 9.61. The molecule has 0 aliphatic heterocycles. The summed E-state index contributed by atoms with van der Waals surface area (Å²) >= 11 is 0. The second-order valence-corrected chi connectivity index (χ2v) is 7.57. The highest BCUT2D eigenvalue weighted by atomic mass is 32.2. The molecule has 0 aliphatic rings. The summed E-state index contributed by atoms with van der Waals surface area (Å²) in [4.78, 5) is 11.8. The van der Waals surface area contributed by atoms with Gasteiger partial charge in [0.15, 0.2) is 0 Å². The summed E-state index contributed by atoms with van der Waals surface area (Å²) in [6.45, 7) is 0. The van der Waals surface area contributed by atoms with Crippen LogP contribution in [0.3, 0.4) is 0 Å². The van der Waals surface area contributed by atoms with E-state index < -0.39 is 22.0 Å². The van der Waals surface area contributed by atoms with Crippen LogP contribution in [0.2, 0.25) is 0 Å². The lowest BCUT2D eigenvalue weighted by atomic mass is 10.0. The van der Waals surface area contributed by atoms with Gasteiger partial charge in [0.05, 0.1) is 19.1 Å². The highest BCUT2D eigenvalue weighted by Gasteiger charge is 2.33. The largest absolute Gasteiger partial charge is 0.497 e. The van der Waals surface area contributed by atoms with Gasteiger partial charge in [-0.3, -0.25) is 4.79 Å². The number of carboxylic acids is 1. The van der Waals surface area contributed by atoms with Gasteiger partial charge in [0.1, 0.15) is 17.5 Å². The molecule has 0 aliphatic carbocycles. The van der Waals surface area contributed by atoms with Gasteiger partial charge < -0.3 is 14.6 Å². The molecule has 7 nitrogen and oxygen atoms in total. The standard InChI is InChI=1S/C18H21NO6S/c1-19(26(22,23)15-7-5-4-6-8-15)16(18(20)21)11-13-9-10-14(24-2)12-17(13)25-3/h4-10,12,16H,11H2,1-3H3,(H,20,21)/t16-/m1/s1. The number of carboxylic acid groups (broad SMARTS) is 1. The molecular weight excluding hydrogens is 358 g/mol. The lowest BCUT2D eigenvalue weighted by Gasteiger charge is -2.25. The summed E-state index contributed by atoms with van der Waals surface area (Å²) in [5.74, 6) is -0.256. The number of nitrogens with zero attached hydrogens (tertiary/aromatic N) is 1. The fraction of sp³-hybridized carbons (Fsp3) is 0.278. The van der Waals surface area contributed by atoms with E-state index in [9.17, 15) is 18.3 Å². The predicted octanol–water partition coefficient (Wildman–Crippen LogP) is 2.02. The first-order valence-corrected chi connectivity index (χ1v) is 9.22. The molecule has 140 valence electrons. The topological polar surface area (TPSA) is 93.1 Å². The van der Waals surface area contributed by atoms with Crippen LogP contribution < -0.4 is 9.47 Å². The van der Waals surface area contributed by atoms with Crippen LogP contribution in [0.1, 0.15) is 5.56 Å². The molecule has 1 N–H and O–H groups in total. The minimum atomic E-state index is -3.95. The first-order valence-electron chi connectivity index (χ1n) is 7.78. The van der Waals surface area contributed by atoms with Gasteiger partial charge in [-0.15, -0.1) is 0 Å². The lowest BCUT2D eigenvalue weighted by Crippen LogP contribution is -2.43. The number of sulfonamides is 1. The zero-order valence-electron chi connectivity index (χ0n) is 14.7. The van der Waals surface area contributed by atoms with Crippen molar-refractivity contribution in [1.29, 1.82) is 0 Å². The van der Waals surface area contributed by atoms with Crippen molar-refractivity contribution in [2.45, 2.75) is 17.4 Å². The number of carbonyl (C=O) groups is 1. The van der Waals surface area contributed by atoms with E-state index in [2.05, 4.69) is 0 Å². The fourth-order valence-corrected chi connectivity index (χ4v) is 3.86. The fourth-order valence-electron chi connectivity index (χ4n) is 2.53. The number of likely N-dealkylation sites (N-methyl/N-ethyl adjacent to an activating group) is 1. The second kappa shape index (κ2) is 8.20. The quantitative estimate of drug-likeness (QED) is 0.754. The van der Waals surface area contributed by atoms with Crippen LogP contribution in [-0.4, -0.2) is 51.1 Å². The van der Waals surface area contributed by atoms with Crippen LogP contribution in [0.15, 0.2) is 53.4 Å². The van der Waals surface area contributed by atoms with Crippen LogP contribution in [0.25, 0.3) is 0 Å². The van der Waals surface area contributed by atoms with Crippen molar-refractivity contribution in [2.24, 2.45) is 0 Å². The monoisotopic (exact) mass is 379 g/mol. The summed E-state index contributed by atoms with van der Waals surface area (Å²) in [5.41, 5.74) is 0.566. The molecule has 0 heterocycles. The van der Waals surface area contributed by atoms with E-state index in [4.69, 9.17) is 9.47 Å². The Morgan fingerprint density at radius 2 is 1.77 bits per heavy atom. The highest BCUT2D eigenvalue weighted by Crippen LogP contribution is 2.27. The molecule has 0 bridgehead atoms. The third-order valence-corrected chi connectivity index (χ3v) is 5.93. The first-order chi connectivity index (χ1) is 12.3. The molecule has 0 amide bonds. The molecule has 2 rings (SSSR count). The maximum atomic E-state index is 12.7. The van der Waals surface area contributed by atoms with Gasteiger partial charge >= 0.3 is 5.97 Å². The van der Waals surface area contributed by atoms with Crippen molar-refractivity contribution in [2.75, 3.05) is 21.3 Å². The molecule has 0 unspecified atom stereocenters. The Bertz CT molecular complexity index is 867. The number of methoxy groups -OCH3 is 2. The van der Waals surface area contributed by atoms with Gasteiger partial charge in [-0.2, -0.15) is 4.31 Å². The molecule has 26 heavy (non-hydrogen) atoms. The maximum absolute atomic E-state index is 12.7. The van der Waals surface area contributed by atoms with Crippen molar-refractivity contribution in [3.63, 3.8) is 0 Å². The SMILES string of the molecule is COc1ccc(C[C@H](C(=O)O)N(C)S(=O)(=O)c2ccccc2)c(OC)c1. The van der Waals surface area contributed by atoms with Crippen molar-refractivity contribution >= 4 is 16.0 Å². The summed E-state index contributed by atoms with van der Waals surface area (Å²) in [6.07, 6.45) is -0.0505. The summed E-state index contributed by atoms with van der Waals surface area (Å²) in [7, 11) is 0.278. The smallest absolute Gasteiger partial charge is 0.322 e. The minimum absolute atomic E-state index is 0.0374. The number of ether oxygens (including phenoxy) is 2. The molecule has 2 aromatic rings. The van der Waals surface area contributed by atoms with E-state index in [1.54, 1.807) is 36.4 Å². The van der Waals surface area contributed by atoms with Crippen LogP contribution >= 0.6 is 0 Å². The lowest BCUT2D eigenvalue weighted by molar-refractivity contribution is -0.141. The Labute approximate surface area is 152 Å². The van der Waals surface area contributed by atoms with E-state index in [1.165, 1.54) is 33.4 Å². The molecule has 8 heteroatoms. The Kier molecular flexibility index (Phi) is 6.23. The van der Waals surface area contributed by atoms with Gasteiger partial charge in [-0.1, -0.05) is 24.3 Å². The van der Waals surface area contributed by atoms with Gasteiger partial charge in [-0.25, -0.2) is 8.42 Å². The van der Waals surface area contributed by atoms with Crippen molar-refractivity contribution in [3.05, 3.63) is 54.1 Å². The number of aliphatic carboxylic acids is 1. The van der Waals surface area contributed by atoms with E-state index in [0.29, 0.717) is 17.1 Å². The Hall–Kier alpha value is -2.58. The molecular formula is C18H21NO6S. The van der Waals surface area contributed by atoms with Crippen molar-refractivity contribution in [3.8, 4) is 11.5 Å². The molecule has 2 aromatic carbocycles. The van der Waals surface area contributed by atoms with Gasteiger partial charge in [0, 0.05) is 19.5 Å². The molecule has 1 atom stereocenters. The normalized spacial score (nSPS) is 12.6. The number of hydrogen-bond acceptors (Lipinski definition) is 5. The first kappa shape index (κ1) is 19.7. The zero-order valence-corrected chi connectivity index (χ0v) is 15.6. The second-order valence-electron chi connectivity index (χ2n) is 5.57. The number of hydrogen-bond donors (Lipinski definition) is 1. The van der Waals surface area contributed by atoms with Gasteiger partial charge in [0.2, 0.25) is 10.0 Å².